The molecule has 2 heterocycles. The number of para-hydroxylation sites is 1. The smallest absolute Gasteiger partial charge is 0.103 e. The summed E-state index contributed by atoms with van der Waals surface area (Å²) in [5.41, 5.74) is 3.66. The summed E-state index contributed by atoms with van der Waals surface area (Å²) < 4.78 is 1.81. The van der Waals surface area contributed by atoms with Gasteiger partial charge < -0.3 is 5.11 Å². The Morgan fingerprint density at radius 2 is 1.73 bits per heavy atom. The van der Waals surface area contributed by atoms with Crippen LogP contribution in [0.4, 0.5) is 0 Å². The fraction of sp³-hybridized carbons (Fsp3) is 0.160. The average Bonchev–Trinajstić information content (AvgIpc) is 3.35. The molecule has 0 spiro atoms. The fourth-order valence-corrected chi connectivity index (χ4v) is 4.23. The maximum absolute atomic E-state index is 10.5. The van der Waals surface area contributed by atoms with Crippen molar-refractivity contribution in [3.63, 3.8) is 0 Å². The number of nitrogens with zero attached hydrogens (tertiary/aromatic N) is 2. The van der Waals surface area contributed by atoms with E-state index in [2.05, 4.69) is 60.6 Å². The monoisotopic (exact) mass is 434 g/mol. The first-order valence-corrected chi connectivity index (χ1v) is 10.9. The quantitative estimate of drug-likeness (QED) is 0.368. The molecule has 0 radical (unpaired) electrons. The number of hydrogen-bond acceptors (Lipinski definition) is 3. The first-order chi connectivity index (χ1) is 14.3. The number of rotatable bonds is 5. The third kappa shape index (κ3) is 4.41. The van der Waals surface area contributed by atoms with Gasteiger partial charge in [-0.1, -0.05) is 59.6 Å². The Morgan fingerprint density at radius 3 is 2.43 bits per heavy atom. The molecular weight excluding hydrogens is 412 g/mol. The highest BCUT2D eigenvalue weighted by Crippen LogP contribution is 2.35. The van der Waals surface area contributed by atoms with E-state index in [0.29, 0.717) is 10.7 Å². The van der Waals surface area contributed by atoms with Crippen LogP contribution in [0.3, 0.4) is 0 Å². The lowest BCUT2D eigenvalue weighted by Gasteiger charge is -2.13. The van der Waals surface area contributed by atoms with Crippen molar-refractivity contribution in [1.29, 1.82) is 0 Å². The van der Waals surface area contributed by atoms with Gasteiger partial charge in [0.2, 0.25) is 0 Å². The second-order valence-electron chi connectivity index (χ2n) is 7.78. The summed E-state index contributed by atoms with van der Waals surface area (Å²) in [5, 5.41) is 15.8. The van der Waals surface area contributed by atoms with Gasteiger partial charge in [0.05, 0.1) is 27.0 Å². The number of aliphatic hydroxyl groups is 1. The molecule has 152 valence electrons. The summed E-state index contributed by atoms with van der Waals surface area (Å²) in [7, 11) is 0. The van der Waals surface area contributed by atoms with E-state index < -0.39 is 5.60 Å². The zero-order chi connectivity index (χ0) is 21.3. The van der Waals surface area contributed by atoms with Gasteiger partial charge in [0.1, 0.15) is 5.60 Å². The molecule has 0 bridgehead atoms. The number of aryl methyl sites for hydroxylation is 1. The Kier molecular flexibility index (Phi) is 5.65. The fourth-order valence-electron chi connectivity index (χ4n) is 3.10. The molecule has 2 aromatic carbocycles. The van der Waals surface area contributed by atoms with Crippen molar-refractivity contribution in [2.24, 2.45) is 0 Å². The largest absolute Gasteiger partial charge is 0.384 e. The molecule has 30 heavy (non-hydrogen) atoms. The molecule has 4 rings (SSSR count). The number of thiophene rings is 1. The van der Waals surface area contributed by atoms with Crippen LogP contribution in [0.15, 0.2) is 66.7 Å². The Hall–Kier alpha value is -2.66. The van der Waals surface area contributed by atoms with Crippen LogP contribution in [-0.2, 0) is 5.60 Å². The summed E-state index contributed by atoms with van der Waals surface area (Å²) in [6.45, 7) is 5.56. The molecule has 3 nitrogen and oxygen atoms in total. The second kappa shape index (κ2) is 8.23. The molecule has 0 amide bonds. The summed E-state index contributed by atoms with van der Waals surface area (Å²) >= 11 is 8.12. The molecular formula is C25H23ClN2OS. The molecule has 0 saturated carbocycles. The van der Waals surface area contributed by atoms with Crippen LogP contribution in [0.2, 0.25) is 5.02 Å². The molecule has 0 aliphatic rings. The molecule has 0 atom stereocenters. The van der Waals surface area contributed by atoms with Crippen molar-refractivity contribution < 1.29 is 5.11 Å². The van der Waals surface area contributed by atoms with Crippen molar-refractivity contribution in [1.82, 2.24) is 9.78 Å². The second-order valence-corrected chi connectivity index (χ2v) is 9.31. The lowest BCUT2D eigenvalue weighted by atomic mass is 10.1. The predicted molar refractivity (Wildman–Crippen MR) is 127 cm³/mol. The average molecular weight is 435 g/mol. The SMILES string of the molecule is Cc1ccc(/C=C/c2ccc(-c3cc(C(C)(C)O)nn3-c3ccccc3Cl)s2)cc1. The van der Waals surface area contributed by atoms with Crippen LogP contribution in [0.5, 0.6) is 0 Å². The maximum atomic E-state index is 10.5. The van der Waals surface area contributed by atoms with Gasteiger partial charge in [-0.15, -0.1) is 11.3 Å². The minimum atomic E-state index is -1.05. The predicted octanol–water partition coefficient (Wildman–Crippen LogP) is 6.96. The molecule has 2 aromatic heterocycles. The van der Waals surface area contributed by atoms with E-state index in [0.717, 1.165) is 21.1 Å². The number of hydrogen-bond donors (Lipinski definition) is 1. The molecule has 1 N–H and O–H groups in total. The van der Waals surface area contributed by atoms with Crippen LogP contribution in [0, 0.1) is 6.92 Å². The Balaban J connectivity index is 1.73. The van der Waals surface area contributed by atoms with Crippen LogP contribution < -0.4 is 0 Å². The molecule has 0 unspecified atom stereocenters. The third-order valence-electron chi connectivity index (χ3n) is 4.81. The van der Waals surface area contributed by atoms with Gasteiger partial charge in [-0.25, -0.2) is 4.68 Å². The first-order valence-electron chi connectivity index (χ1n) is 9.74. The highest BCUT2D eigenvalue weighted by molar-refractivity contribution is 7.16. The summed E-state index contributed by atoms with van der Waals surface area (Å²) in [6, 6.07) is 22.2. The van der Waals surface area contributed by atoms with E-state index in [1.54, 1.807) is 25.2 Å². The van der Waals surface area contributed by atoms with Crippen LogP contribution >= 0.6 is 22.9 Å². The van der Waals surface area contributed by atoms with Gasteiger partial charge in [-0.3, -0.25) is 0 Å². The minimum Gasteiger partial charge on any atom is -0.384 e. The maximum Gasteiger partial charge on any atom is 0.103 e. The summed E-state index contributed by atoms with van der Waals surface area (Å²) in [4.78, 5) is 2.20. The van der Waals surface area contributed by atoms with Crippen molar-refractivity contribution in [2.45, 2.75) is 26.4 Å². The topological polar surface area (TPSA) is 38.1 Å². The zero-order valence-corrected chi connectivity index (χ0v) is 18.7. The summed E-state index contributed by atoms with van der Waals surface area (Å²) in [5.74, 6) is 0. The van der Waals surface area contributed by atoms with Gasteiger partial charge in [-0.05, 0) is 62.7 Å². The standard InChI is InChI=1S/C25H23ClN2OS/c1-17-8-10-18(11-9-17)12-13-19-14-15-23(30-19)22-16-24(25(2,3)29)27-28(22)21-7-5-4-6-20(21)26/h4-16,29H,1-3H3/b13-12+. The molecule has 5 heteroatoms. The molecule has 0 fully saturated rings. The summed E-state index contributed by atoms with van der Waals surface area (Å²) in [6.07, 6.45) is 4.23. The van der Waals surface area contributed by atoms with Crippen molar-refractivity contribution in [2.75, 3.05) is 0 Å². The van der Waals surface area contributed by atoms with Crippen LogP contribution in [-0.4, -0.2) is 14.9 Å². The lowest BCUT2D eigenvalue weighted by Crippen LogP contribution is -2.16. The van der Waals surface area contributed by atoms with Gasteiger partial charge in [-0.2, -0.15) is 5.10 Å². The molecule has 4 aromatic rings. The van der Waals surface area contributed by atoms with E-state index in [4.69, 9.17) is 11.6 Å². The van der Waals surface area contributed by atoms with Crippen LogP contribution in [0.25, 0.3) is 28.4 Å². The third-order valence-corrected chi connectivity index (χ3v) is 6.21. The zero-order valence-electron chi connectivity index (χ0n) is 17.1. The Labute approximate surface area is 185 Å². The van der Waals surface area contributed by atoms with Crippen LogP contribution in [0.1, 0.15) is 35.5 Å². The van der Waals surface area contributed by atoms with Crippen molar-refractivity contribution >= 4 is 35.1 Å². The van der Waals surface area contributed by atoms with E-state index >= 15 is 0 Å². The van der Waals surface area contributed by atoms with E-state index in [9.17, 15) is 5.11 Å². The normalized spacial score (nSPS) is 12.0. The Bertz CT molecular complexity index is 1200. The molecule has 0 aliphatic carbocycles. The van der Waals surface area contributed by atoms with E-state index in [-0.39, 0.29) is 0 Å². The van der Waals surface area contributed by atoms with Gasteiger partial charge in [0.15, 0.2) is 0 Å². The molecule has 0 saturated heterocycles. The van der Waals surface area contributed by atoms with Gasteiger partial charge in [0.25, 0.3) is 0 Å². The molecule has 0 aliphatic heterocycles. The highest BCUT2D eigenvalue weighted by Gasteiger charge is 2.24. The van der Waals surface area contributed by atoms with Crippen molar-refractivity contribution in [3.05, 3.63) is 93.5 Å². The lowest BCUT2D eigenvalue weighted by molar-refractivity contribution is 0.0734. The number of halogens is 1. The van der Waals surface area contributed by atoms with E-state index in [1.165, 1.54) is 11.1 Å². The number of benzene rings is 2. The highest BCUT2D eigenvalue weighted by atomic mass is 35.5. The number of aromatic nitrogens is 2. The minimum absolute atomic E-state index is 0.600. The first kappa shape index (κ1) is 20.6. The van der Waals surface area contributed by atoms with Crippen molar-refractivity contribution in [3.8, 4) is 16.3 Å². The van der Waals surface area contributed by atoms with Gasteiger partial charge in [0, 0.05) is 4.88 Å². The Morgan fingerprint density at radius 1 is 1.00 bits per heavy atom. The van der Waals surface area contributed by atoms with Gasteiger partial charge >= 0.3 is 0 Å². The van der Waals surface area contributed by atoms with E-state index in [1.807, 2.05) is 35.0 Å².